The third-order valence-electron chi connectivity index (χ3n) is 2.33. The van der Waals surface area contributed by atoms with Gasteiger partial charge in [0.05, 0.1) is 0 Å². The molecule has 0 spiro atoms. The summed E-state index contributed by atoms with van der Waals surface area (Å²) in [5.41, 5.74) is 1.47. The summed E-state index contributed by atoms with van der Waals surface area (Å²) in [4.78, 5) is 10.5. The Balaban J connectivity index is 3.10. The molecule has 0 aliphatic rings. The highest BCUT2D eigenvalue weighted by Crippen LogP contribution is 2.28. The molecule has 0 amide bonds. The Hall–Kier alpha value is -1.31. The number of benzene rings is 1. The van der Waals surface area contributed by atoms with Crippen LogP contribution in [0.15, 0.2) is 18.2 Å². The Morgan fingerprint density at radius 3 is 2.77 bits per heavy atom. The number of rotatable bonds is 3. The lowest BCUT2D eigenvalue weighted by Crippen LogP contribution is -1.93. The van der Waals surface area contributed by atoms with E-state index in [1.54, 1.807) is 18.2 Å². The van der Waals surface area contributed by atoms with Gasteiger partial charge in [0.15, 0.2) is 0 Å². The highest BCUT2D eigenvalue weighted by atomic mass is 16.3. The van der Waals surface area contributed by atoms with Crippen LogP contribution in [0, 0.1) is 0 Å². The van der Waals surface area contributed by atoms with Crippen molar-refractivity contribution in [1.82, 2.24) is 0 Å². The van der Waals surface area contributed by atoms with Crippen molar-refractivity contribution >= 4 is 6.29 Å². The number of aromatic hydroxyl groups is 1. The van der Waals surface area contributed by atoms with Crippen LogP contribution in [0.4, 0.5) is 0 Å². The molecule has 0 heterocycles. The normalized spacial score (nSPS) is 12.5. The summed E-state index contributed by atoms with van der Waals surface area (Å²) in [6, 6.07) is 4.94. The molecular weight excluding hydrogens is 164 g/mol. The zero-order valence-electron chi connectivity index (χ0n) is 7.95. The van der Waals surface area contributed by atoms with Gasteiger partial charge in [-0.3, -0.25) is 4.79 Å². The number of hydrogen-bond donors (Lipinski definition) is 1. The van der Waals surface area contributed by atoms with E-state index in [9.17, 15) is 9.90 Å². The first kappa shape index (κ1) is 9.78. The lowest BCUT2D eigenvalue weighted by atomic mass is 9.96. The van der Waals surface area contributed by atoms with E-state index in [1.165, 1.54) is 0 Å². The van der Waals surface area contributed by atoms with E-state index >= 15 is 0 Å². The van der Waals surface area contributed by atoms with E-state index in [4.69, 9.17) is 0 Å². The van der Waals surface area contributed by atoms with E-state index in [0.29, 0.717) is 11.5 Å². The first-order chi connectivity index (χ1) is 6.19. The molecule has 1 rings (SSSR count). The number of aldehydes is 1. The fourth-order valence-electron chi connectivity index (χ4n) is 1.26. The number of phenols is 1. The molecule has 1 aromatic carbocycles. The molecular formula is C11H14O2. The second kappa shape index (κ2) is 4.08. The minimum Gasteiger partial charge on any atom is -0.508 e. The van der Waals surface area contributed by atoms with Crippen molar-refractivity contribution in [3.05, 3.63) is 29.3 Å². The van der Waals surface area contributed by atoms with Gasteiger partial charge in [0.2, 0.25) is 0 Å². The predicted octanol–water partition coefficient (Wildman–Crippen LogP) is 2.72. The minimum atomic E-state index is 0.278. The van der Waals surface area contributed by atoms with Crippen molar-refractivity contribution < 1.29 is 9.90 Å². The van der Waals surface area contributed by atoms with Gasteiger partial charge in [-0.25, -0.2) is 0 Å². The second-order valence-corrected chi connectivity index (χ2v) is 3.25. The van der Waals surface area contributed by atoms with Crippen molar-refractivity contribution in [2.24, 2.45) is 0 Å². The Morgan fingerprint density at radius 2 is 2.23 bits per heavy atom. The zero-order chi connectivity index (χ0) is 9.84. The van der Waals surface area contributed by atoms with Gasteiger partial charge in [-0.15, -0.1) is 0 Å². The lowest BCUT2D eigenvalue weighted by molar-refractivity contribution is 0.112. The average Bonchev–Trinajstić information content (AvgIpc) is 2.17. The molecule has 2 nitrogen and oxygen atoms in total. The SMILES string of the molecule is CCC(C)c1cc(C=O)ccc1O. The standard InChI is InChI=1S/C11H14O2/c1-3-8(2)10-6-9(7-12)4-5-11(10)13/h4-8,13H,3H2,1-2H3. The van der Waals surface area contributed by atoms with E-state index in [-0.39, 0.29) is 5.75 Å². The molecule has 70 valence electrons. The summed E-state index contributed by atoms with van der Waals surface area (Å²) in [6.07, 6.45) is 1.75. The van der Waals surface area contributed by atoms with E-state index in [2.05, 4.69) is 6.92 Å². The van der Waals surface area contributed by atoms with Crippen LogP contribution in [0.25, 0.3) is 0 Å². The monoisotopic (exact) mass is 178 g/mol. The van der Waals surface area contributed by atoms with Gasteiger partial charge >= 0.3 is 0 Å². The van der Waals surface area contributed by atoms with Crippen molar-refractivity contribution in [3.8, 4) is 5.75 Å². The van der Waals surface area contributed by atoms with Crippen LogP contribution >= 0.6 is 0 Å². The van der Waals surface area contributed by atoms with Crippen LogP contribution < -0.4 is 0 Å². The third-order valence-corrected chi connectivity index (χ3v) is 2.33. The van der Waals surface area contributed by atoms with E-state index in [0.717, 1.165) is 18.3 Å². The van der Waals surface area contributed by atoms with Crippen LogP contribution in [-0.4, -0.2) is 11.4 Å². The van der Waals surface area contributed by atoms with Crippen LogP contribution in [-0.2, 0) is 0 Å². The summed E-state index contributed by atoms with van der Waals surface area (Å²) in [7, 11) is 0. The summed E-state index contributed by atoms with van der Waals surface area (Å²) >= 11 is 0. The molecule has 0 aliphatic heterocycles. The van der Waals surface area contributed by atoms with Gasteiger partial charge in [0.1, 0.15) is 12.0 Å². The number of hydrogen-bond acceptors (Lipinski definition) is 2. The fraction of sp³-hybridized carbons (Fsp3) is 0.364. The molecule has 0 aliphatic carbocycles. The third kappa shape index (κ3) is 2.08. The molecule has 0 saturated heterocycles. The van der Waals surface area contributed by atoms with Gasteiger partial charge in [-0.05, 0) is 36.1 Å². The molecule has 1 unspecified atom stereocenters. The first-order valence-corrected chi connectivity index (χ1v) is 4.47. The summed E-state index contributed by atoms with van der Waals surface area (Å²) in [6.45, 7) is 4.08. The van der Waals surface area contributed by atoms with E-state index in [1.807, 2.05) is 6.92 Å². The van der Waals surface area contributed by atoms with Crippen molar-refractivity contribution in [2.75, 3.05) is 0 Å². The largest absolute Gasteiger partial charge is 0.508 e. The predicted molar refractivity (Wildman–Crippen MR) is 52.2 cm³/mol. The Bertz CT molecular complexity index is 305. The Morgan fingerprint density at radius 1 is 1.54 bits per heavy atom. The quantitative estimate of drug-likeness (QED) is 0.722. The molecule has 13 heavy (non-hydrogen) atoms. The maximum absolute atomic E-state index is 10.5. The number of phenolic OH excluding ortho intramolecular Hbond substituents is 1. The average molecular weight is 178 g/mol. The molecule has 0 bridgehead atoms. The highest BCUT2D eigenvalue weighted by molar-refractivity contribution is 5.75. The second-order valence-electron chi connectivity index (χ2n) is 3.25. The lowest BCUT2D eigenvalue weighted by Gasteiger charge is -2.11. The van der Waals surface area contributed by atoms with Crippen molar-refractivity contribution in [3.63, 3.8) is 0 Å². The molecule has 1 N–H and O–H groups in total. The maximum Gasteiger partial charge on any atom is 0.150 e. The van der Waals surface area contributed by atoms with Gasteiger partial charge in [-0.1, -0.05) is 13.8 Å². The fourth-order valence-corrected chi connectivity index (χ4v) is 1.26. The van der Waals surface area contributed by atoms with Crippen molar-refractivity contribution in [1.29, 1.82) is 0 Å². The van der Waals surface area contributed by atoms with Gasteiger partial charge < -0.3 is 5.11 Å². The topological polar surface area (TPSA) is 37.3 Å². The molecule has 0 radical (unpaired) electrons. The molecule has 0 aromatic heterocycles. The summed E-state index contributed by atoms with van der Waals surface area (Å²) in [5, 5.41) is 9.52. The summed E-state index contributed by atoms with van der Waals surface area (Å²) in [5.74, 6) is 0.569. The van der Waals surface area contributed by atoms with Gasteiger partial charge in [-0.2, -0.15) is 0 Å². The Kier molecular flexibility index (Phi) is 3.07. The van der Waals surface area contributed by atoms with Crippen molar-refractivity contribution in [2.45, 2.75) is 26.2 Å². The van der Waals surface area contributed by atoms with Crippen LogP contribution in [0.1, 0.15) is 42.1 Å². The maximum atomic E-state index is 10.5. The van der Waals surface area contributed by atoms with Gasteiger partial charge in [0, 0.05) is 5.56 Å². The van der Waals surface area contributed by atoms with Gasteiger partial charge in [0.25, 0.3) is 0 Å². The van der Waals surface area contributed by atoms with Crippen LogP contribution in [0.2, 0.25) is 0 Å². The Labute approximate surface area is 78.2 Å². The molecule has 2 heteroatoms. The molecule has 0 saturated carbocycles. The van der Waals surface area contributed by atoms with Crippen LogP contribution in [0.5, 0.6) is 5.75 Å². The highest BCUT2D eigenvalue weighted by Gasteiger charge is 2.08. The number of carbonyl (C=O) groups is 1. The van der Waals surface area contributed by atoms with E-state index < -0.39 is 0 Å². The molecule has 1 atom stereocenters. The first-order valence-electron chi connectivity index (χ1n) is 4.47. The van der Waals surface area contributed by atoms with Crippen LogP contribution in [0.3, 0.4) is 0 Å². The summed E-state index contributed by atoms with van der Waals surface area (Å²) < 4.78 is 0. The minimum absolute atomic E-state index is 0.278. The number of carbonyl (C=O) groups excluding carboxylic acids is 1. The molecule has 0 fully saturated rings. The smallest absolute Gasteiger partial charge is 0.150 e. The molecule has 1 aromatic rings. The zero-order valence-corrected chi connectivity index (χ0v) is 7.95.